The molecule has 0 saturated heterocycles. The molecule has 33 heavy (non-hydrogen) atoms. The molecule has 5 rings (SSSR count). The van der Waals surface area contributed by atoms with Crippen LogP contribution in [-0.2, 0) is 16.8 Å². The maximum absolute atomic E-state index is 15.8. The first-order valence-corrected chi connectivity index (χ1v) is 10.9. The lowest BCUT2D eigenvalue weighted by Crippen LogP contribution is -2.41. The Balaban J connectivity index is 1.74. The van der Waals surface area contributed by atoms with E-state index in [2.05, 4.69) is 10.3 Å². The summed E-state index contributed by atoms with van der Waals surface area (Å²) in [5, 5.41) is 2.83. The Labute approximate surface area is 194 Å². The summed E-state index contributed by atoms with van der Waals surface area (Å²) in [6, 6.07) is 10.7. The number of carbonyl (C=O) groups excluding carboxylic acids is 1. The van der Waals surface area contributed by atoms with Crippen molar-refractivity contribution in [2.75, 3.05) is 26.7 Å². The number of benzene rings is 2. The van der Waals surface area contributed by atoms with Crippen LogP contribution in [0.4, 0.5) is 8.78 Å². The Bertz CT molecular complexity index is 1260. The SMILES string of the molecule is CNC[C@@]1(c2ccccc2)Cc2c(cc(F)c(Cl)c2C2=C(F)C3=NCCN3C=C2C(N)=O)O1. The zero-order valence-electron chi connectivity index (χ0n) is 17.8. The normalized spacial score (nSPS) is 21.4. The number of primary amides is 1. The Hall–Kier alpha value is -3.23. The minimum atomic E-state index is -0.872. The van der Waals surface area contributed by atoms with Gasteiger partial charge in [-0.05, 0) is 12.6 Å². The van der Waals surface area contributed by atoms with E-state index in [1.54, 1.807) is 7.05 Å². The largest absolute Gasteiger partial charge is 0.480 e. The van der Waals surface area contributed by atoms with Gasteiger partial charge in [-0.2, -0.15) is 0 Å². The van der Waals surface area contributed by atoms with E-state index in [9.17, 15) is 4.79 Å². The molecule has 9 heteroatoms. The first-order chi connectivity index (χ1) is 15.9. The number of nitrogens with two attached hydrogens (primary N) is 1. The number of fused-ring (bicyclic) bond motifs is 2. The maximum Gasteiger partial charge on any atom is 0.250 e. The Morgan fingerprint density at radius 3 is 2.79 bits per heavy atom. The maximum atomic E-state index is 15.8. The summed E-state index contributed by atoms with van der Waals surface area (Å²) < 4.78 is 37.1. The monoisotopic (exact) mass is 470 g/mol. The molecule has 3 heterocycles. The van der Waals surface area contributed by atoms with Gasteiger partial charge in [-0.25, -0.2) is 8.78 Å². The number of likely N-dealkylation sites (N-methyl/N-ethyl adjacent to an activating group) is 1. The second-order valence-corrected chi connectivity index (χ2v) is 8.57. The van der Waals surface area contributed by atoms with Gasteiger partial charge in [0, 0.05) is 48.5 Å². The predicted molar refractivity (Wildman–Crippen MR) is 122 cm³/mol. The minimum absolute atomic E-state index is 0.0670. The van der Waals surface area contributed by atoms with Crippen LogP contribution in [0.3, 0.4) is 0 Å². The molecule has 1 atom stereocenters. The zero-order chi connectivity index (χ0) is 23.3. The molecule has 0 aromatic heterocycles. The van der Waals surface area contributed by atoms with Crippen molar-refractivity contribution in [3.63, 3.8) is 0 Å². The van der Waals surface area contributed by atoms with Crippen LogP contribution in [0.1, 0.15) is 16.7 Å². The van der Waals surface area contributed by atoms with Gasteiger partial charge in [0.2, 0.25) is 0 Å². The molecule has 3 N–H and O–H groups in total. The lowest BCUT2D eigenvalue weighted by molar-refractivity contribution is -0.114. The fraction of sp³-hybridized carbons (Fsp3) is 0.250. The number of ether oxygens (including phenoxy) is 1. The van der Waals surface area contributed by atoms with Crippen molar-refractivity contribution in [2.45, 2.75) is 12.0 Å². The molecule has 170 valence electrons. The number of rotatable bonds is 5. The van der Waals surface area contributed by atoms with E-state index in [1.165, 1.54) is 17.2 Å². The summed E-state index contributed by atoms with van der Waals surface area (Å²) in [4.78, 5) is 18.0. The third-order valence-corrected chi connectivity index (χ3v) is 6.55. The Morgan fingerprint density at radius 1 is 1.33 bits per heavy atom. The number of nitrogens with zero attached hydrogens (tertiary/aromatic N) is 2. The lowest BCUT2D eigenvalue weighted by atomic mass is 9.84. The quantitative estimate of drug-likeness (QED) is 0.702. The van der Waals surface area contributed by atoms with Crippen LogP contribution < -0.4 is 15.8 Å². The number of halogens is 3. The number of carbonyl (C=O) groups is 1. The molecule has 0 aliphatic carbocycles. The van der Waals surface area contributed by atoms with Gasteiger partial charge in [-0.15, -0.1) is 0 Å². The van der Waals surface area contributed by atoms with Crippen LogP contribution in [0.15, 0.2) is 59.0 Å². The van der Waals surface area contributed by atoms with Crippen molar-refractivity contribution < 1.29 is 18.3 Å². The topological polar surface area (TPSA) is 80.0 Å². The van der Waals surface area contributed by atoms with E-state index >= 15 is 8.78 Å². The fourth-order valence-electron chi connectivity index (χ4n) is 4.75. The van der Waals surface area contributed by atoms with Crippen LogP contribution >= 0.6 is 11.6 Å². The highest BCUT2D eigenvalue weighted by Crippen LogP contribution is 2.50. The van der Waals surface area contributed by atoms with Crippen molar-refractivity contribution in [1.29, 1.82) is 0 Å². The van der Waals surface area contributed by atoms with E-state index in [0.717, 1.165) is 5.56 Å². The van der Waals surface area contributed by atoms with Gasteiger partial charge >= 0.3 is 0 Å². The first kappa shape index (κ1) is 21.6. The molecule has 2 aromatic carbocycles. The van der Waals surface area contributed by atoms with Gasteiger partial charge < -0.3 is 20.7 Å². The van der Waals surface area contributed by atoms with Crippen molar-refractivity contribution in [2.24, 2.45) is 10.7 Å². The smallest absolute Gasteiger partial charge is 0.250 e. The van der Waals surface area contributed by atoms with Gasteiger partial charge in [0.05, 0.1) is 17.1 Å². The van der Waals surface area contributed by atoms with Crippen LogP contribution in [0.2, 0.25) is 5.02 Å². The molecule has 3 aliphatic rings. The summed E-state index contributed by atoms with van der Waals surface area (Å²) in [5.74, 6) is -2.06. The van der Waals surface area contributed by atoms with E-state index in [1.807, 2.05) is 30.3 Å². The van der Waals surface area contributed by atoms with Crippen molar-refractivity contribution in [1.82, 2.24) is 10.2 Å². The molecule has 0 bridgehead atoms. The molecular weight excluding hydrogens is 450 g/mol. The van der Waals surface area contributed by atoms with E-state index < -0.39 is 23.2 Å². The second kappa shape index (κ2) is 7.97. The highest BCUT2D eigenvalue weighted by atomic mass is 35.5. The van der Waals surface area contributed by atoms with Crippen molar-refractivity contribution >= 4 is 28.9 Å². The second-order valence-electron chi connectivity index (χ2n) is 8.19. The van der Waals surface area contributed by atoms with E-state index in [-0.39, 0.29) is 39.7 Å². The fourth-order valence-corrected chi connectivity index (χ4v) is 5.02. The molecule has 0 spiro atoms. The Kier molecular flexibility index (Phi) is 5.22. The highest BCUT2D eigenvalue weighted by Gasteiger charge is 2.45. The van der Waals surface area contributed by atoms with Gasteiger partial charge in [0.1, 0.15) is 11.6 Å². The average molecular weight is 471 g/mol. The number of amidine groups is 1. The Morgan fingerprint density at radius 2 is 2.09 bits per heavy atom. The number of aliphatic imine (C=N–C) groups is 1. The van der Waals surface area contributed by atoms with Crippen LogP contribution in [0.25, 0.3) is 5.57 Å². The average Bonchev–Trinajstić information content (AvgIpc) is 3.41. The van der Waals surface area contributed by atoms with Gasteiger partial charge in [-0.3, -0.25) is 9.79 Å². The van der Waals surface area contributed by atoms with Crippen LogP contribution in [0, 0.1) is 5.82 Å². The van der Waals surface area contributed by atoms with Crippen LogP contribution in [-0.4, -0.2) is 43.3 Å². The molecule has 0 unspecified atom stereocenters. The molecule has 3 aliphatic heterocycles. The third kappa shape index (κ3) is 3.32. The summed E-state index contributed by atoms with van der Waals surface area (Å²) in [6.45, 7) is 1.20. The number of hydrogen-bond donors (Lipinski definition) is 2. The summed E-state index contributed by atoms with van der Waals surface area (Å²) in [6.07, 6.45) is 1.73. The standard InChI is InChI=1S/C24H21ClF2N4O2/c1-29-12-24(13-5-3-2-4-6-13)10-14-17(33-24)9-16(26)20(25)18(14)19-15(22(28)32)11-31-8-7-30-23(31)21(19)27/h2-6,9,11,29H,7-8,10,12H2,1H3,(H2,28,32)/t24-/m1/s1. The van der Waals surface area contributed by atoms with Crippen molar-refractivity contribution in [3.05, 3.63) is 81.5 Å². The van der Waals surface area contributed by atoms with Crippen molar-refractivity contribution in [3.8, 4) is 5.75 Å². The molecule has 0 radical (unpaired) electrons. The van der Waals surface area contributed by atoms with Crippen LogP contribution in [0.5, 0.6) is 5.75 Å². The first-order valence-electron chi connectivity index (χ1n) is 10.5. The molecule has 1 amide bonds. The molecule has 0 saturated carbocycles. The van der Waals surface area contributed by atoms with E-state index in [0.29, 0.717) is 25.2 Å². The summed E-state index contributed by atoms with van der Waals surface area (Å²) >= 11 is 6.42. The highest BCUT2D eigenvalue weighted by molar-refractivity contribution is 6.34. The lowest BCUT2D eigenvalue weighted by Gasteiger charge is -2.29. The summed E-state index contributed by atoms with van der Waals surface area (Å²) in [5.41, 5.74) is 5.94. The molecule has 6 nitrogen and oxygen atoms in total. The number of hydrogen-bond acceptors (Lipinski definition) is 5. The van der Waals surface area contributed by atoms with E-state index in [4.69, 9.17) is 22.1 Å². The zero-order valence-corrected chi connectivity index (χ0v) is 18.5. The minimum Gasteiger partial charge on any atom is -0.480 e. The van der Waals surface area contributed by atoms with Gasteiger partial charge in [0.15, 0.2) is 17.3 Å². The predicted octanol–water partition coefficient (Wildman–Crippen LogP) is 3.31. The molecular formula is C24H21ClF2N4O2. The van der Waals surface area contributed by atoms with Gasteiger partial charge in [0.25, 0.3) is 5.91 Å². The third-order valence-electron chi connectivity index (χ3n) is 6.18. The summed E-state index contributed by atoms with van der Waals surface area (Å²) in [7, 11) is 1.79. The molecule has 2 aromatic rings. The molecule has 0 fully saturated rings. The number of amides is 1. The number of nitrogens with one attached hydrogen (secondary N) is 1. The van der Waals surface area contributed by atoms with Gasteiger partial charge in [-0.1, -0.05) is 41.9 Å².